The molecule has 0 unspecified atom stereocenters. The Kier molecular flexibility index (Phi) is 7.75. The second-order valence-electron chi connectivity index (χ2n) is 7.31. The normalized spacial score (nSPS) is 15.4. The lowest BCUT2D eigenvalue weighted by Gasteiger charge is -2.20. The quantitative estimate of drug-likeness (QED) is 0.694. The summed E-state index contributed by atoms with van der Waals surface area (Å²) in [5.74, 6) is 0.387. The lowest BCUT2D eigenvalue weighted by atomic mass is 10.1. The average molecular weight is 451 g/mol. The number of halogens is 1. The van der Waals surface area contributed by atoms with Gasteiger partial charge in [-0.25, -0.2) is 8.42 Å². The number of carbonyl (C=O) groups excluding carboxylic acids is 1. The number of hydrogen-bond acceptors (Lipinski definition) is 4. The number of nitrogens with one attached hydrogen (secondary N) is 1. The number of rotatable bonds is 7. The molecular weight excluding hydrogens is 424 g/mol. The molecule has 2 aromatic rings. The molecule has 0 aliphatic carbocycles. The van der Waals surface area contributed by atoms with Crippen LogP contribution in [0.25, 0.3) is 0 Å². The number of benzene rings is 2. The fraction of sp³-hybridized carbons (Fsp3) is 0.409. The summed E-state index contributed by atoms with van der Waals surface area (Å²) in [6.45, 7) is 1.42. The number of amides is 1. The van der Waals surface area contributed by atoms with E-state index >= 15 is 0 Å². The molecule has 6 nitrogen and oxygen atoms in total. The third kappa shape index (κ3) is 5.53. The Morgan fingerprint density at radius 2 is 1.73 bits per heavy atom. The highest BCUT2D eigenvalue weighted by Gasteiger charge is 2.26. The molecule has 2 aromatic carbocycles. The number of sulfonamides is 1. The van der Waals surface area contributed by atoms with Gasteiger partial charge in [0.05, 0.1) is 22.6 Å². The Morgan fingerprint density at radius 3 is 2.37 bits per heavy atom. The van der Waals surface area contributed by atoms with Crippen molar-refractivity contribution in [3.8, 4) is 5.75 Å². The van der Waals surface area contributed by atoms with Crippen LogP contribution >= 0.6 is 11.6 Å². The van der Waals surface area contributed by atoms with Crippen molar-refractivity contribution < 1.29 is 17.9 Å². The zero-order valence-electron chi connectivity index (χ0n) is 17.1. The number of ether oxygens (including phenoxy) is 1. The second kappa shape index (κ2) is 10.3. The zero-order valence-corrected chi connectivity index (χ0v) is 18.6. The molecule has 1 aliphatic heterocycles. The molecule has 1 fully saturated rings. The maximum absolute atomic E-state index is 13.0. The first-order valence-corrected chi connectivity index (χ1v) is 11.9. The minimum atomic E-state index is -3.65. The zero-order chi connectivity index (χ0) is 21.6. The molecule has 1 heterocycles. The lowest BCUT2D eigenvalue weighted by molar-refractivity contribution is 0.0954. The molecule has 3 rings (SSSR count). The standard InChI is InChI=1S/C22H27ClN2O4S/c1-29-18-8-6-17(7-9-18)12-13-24-22(26)20-16-19(10-11-21(20)23)30(27,28)25-14-4-2-3-5-15-25/h6-11,16H,2-5,12-15H2,1H3,(H,24,26). The van der Waals surface area contributed by atoms with Crippen molar-refractivity contribution in [3.63, 3.8) is 0 Å². The van der Waals surface area contributed by atoms with Crippen LogP contribution in [-0.4, -0.2) is 45.4 Å². The maximum atomic E-state index is 13.0. The SMILES string of the molecule is COc1ccc(CCNC(=O)c2cc(S(=O)(=O)N3CCCCCC3)ccc2Cl)cc1. The first kappa shape index (κ1) is 22.6. The van der Waals surface area contributed by atoms with Crippen LogP contribution in [0.5, 0.6) is 5.75 Å². The van der Waals surface area contributed by atoms with Crippen molar-refractivity contribution >= 4 is 27.5 Å². The molecule has 0 atom stereocenters. The Balaban J connectivity index is 1.68. The Bertz CT molecular complexity index is 969. The molecule has 0 bridgehead atoms. The van der Waals surface area contributed by atoms with Crippen LogP contribution in [0.3, 0.4) is 0 Å². The molecule has 30 heavy (non-hydrogen) atoms. The minimum absolute atomic E-state index is 0.106. The van der Waals surface area contributed by atoms with E-state index in [1.807, 2.05) is 24.3 Å². The largest absolute Gasteiger partial charge is 0.497 e. The molecule has 0 spiro atoms. The summed E-state index contributed by atoms with van der Waals surface area (Å²) in [6.07, 6.45) is 4.42. The summed E-state index contributed by atoms with van der Waals surface area (Å²) >= 11 is 6.20. The minimum Gasteiger partial charge on any atom is -0.497 e. The summed E-state index contributed by atoms with van der Waals surface area (Å²) in [6, 6.07) is 11.9. The highest BCUT2D eigenvalue weighted by molar-refractivity contribution is 7.89. The Morgan fingerprint density at radius 1 is 1.07 bits per heavy atom. The van der Waals surface area contributed by atoms with E-state index in [4.69, 9.17) is 16.3 Å². The van der Waals surface area contributed by atoms with Gasteiger partial charge < -0.3 is 10.1 Å². The number of methoxy groups -OCH3 is 1. The molecule has 1 amide bonds. The van der Waals surface area contributed by atoms with Gasteiger partial charge >= 0.3 is 0 Å². The van der Waals surface area contributed by atoms with Gasteiger partial charge in [0.15, 0.2) is 0 Å². The third-order valence-corrected chi connectivity index (χ3v) is 7.47. The van der Waals surface area contributed by atoms with E-state index in [1.54, 1.807) is 7.11 Å². The van der Waals surface area contributed by atoms with E-state index in [9.17, 15) is 13.2 Å². The molecular formula is C22H27ClN2O4S. The first-order chi connectivity index (χ1) is 14.4. The second-order valence-corrected chi connectivity index (χ2v) is 9.66. The molecule has 162 valence electrons. The first-order valence-electron chi connectivity index (χ1n) is 10.1. The van der Waals surface area contributed by atoms with Crippen molar-refractivity contribution in [2.75, 3.05) is 26.7 Å². The van der Waals surface area contributed by atoms with Crippen molar-refractivity contribution in [1.82, 2.24) is 9.62 Å². The predicted octanol–water partition coefficient (Wildman–Crippen LogP) is 3.89. The Labute approximate surface area is 183 Å². The van der Waals surface area contributed by atoms with E-state index in [0.29, 0.717) is 26.1 Å². The van der Waals surface area contributed by atoms with Gasteiger partial charge in [-0.3, -0.25) is 4.79 Å². The van der Waals surface area contributed by atoms with Crippen LogP contribution in [0.2, 0.25) is 5.02 Å². The molecule has 1 aliphatic rings. The summed E-state index contributed by atoms with van der Waals surface area (Å²) in [7, 11) is -2.03. The van der Waals surface area contributed by atoms with Crippen LogP contribution in [0, 0.1) is 0 Å². The van der Waals surface area contributed by atoms with Crippen LogP contribution in [0.4, 0.5) is 0 Å². The van der Waals surface area contributed by atoms with Crippen LogP contribution in [0.1, 0.15) is 41.6 Å². The van der Waals surface area contributed by atoms with Crippen LogP contribution < -0.4 is 10.1 Å². The van der Waals surface area contributed by atoms with E-state index in [2.05, 4.69) is 5.32 Å². The fourth-order valence-corrected chi connectivity index (χ4v) is 5.22. The van der Waals surface area contributed by atoms with Gasteiger partial charge in [0.25, 0.3) is 5.91 Å². The van der Waals surface area contributed by atoms with Crippen molar-refractivity contribution in [2.24, 2.45) is 0 Å². The number of hydrogen-bond donors (Lipinski definition) is 1. The summed E-state index contributed by atoms with van der Waals surface area (Å²) < 4.78 is 32.7. The highest BCUT2D eigenvalue weighted by Crippen LogP contribution is 2.25. The smallest absolute Gasteiger partial charge is 0.252 e. The topological polar surface area (TPSA) is 75.7 Å². The number of nitrogens with zero attached hydrogens (tertiary/aromatic N) is 1. The van der Waals surface area contributed by atoms with Crippen LogP contribution in [0.15, 0.2) is 47.4 Å². The van der Waals surface area contributed by atoms with Gasteiger partial charge in [-0.2, -0.15) is 4.31 Å². The van der Waals surface area contributed by atoms with Gasteiger partial charge in [-0.05, 0) is 55.2 Å². The average Bonchev–Trinajstić information content (AvgIpc) is 3.04. The van der Waals surface area contributed by atoms with E-state index in [-0.39, 0.29) is 21.4 Å². The predicted molar refractivity (Wildman–Crippen MR) is 118 cm³/mol. The summed E-state index contributed by atoms with van der Waals surface area (Å²) in [5, 5.41) is 3.05. The van der Waals surface area contributed by atoms with Crippen molar-refractivity contribution in [3.05, 3.63) is 58.6 Å². The van der Waals surface area contributed by atoms with E-state index in [0.717, 1.165) is 37.0 Å². The third-order valence-electron chi connectivity index (χ3n) is 5.24. The number of carbonyl (C=O) groups is 1. The Hall–Kier alpha value is -2.09. The van der Waals surface area contributed by atoms with Crippen LogP contribution in [-0.2, 0) is 16.4 Å². The molecule has 8 heteroatoms. The van der Waals surface area contributed by atoms with Gasteiger partial charge in [-0.1, -0.05) is 36.6 Å². The fourth-order valence-electron chi connectivity index (χ4n) is 3.48. The van der Waals surface area contributed by atoms with E-state index in [1.165, 1.54) is 22.5 Å². The molecule has 1 saturated heterocycles. The summed E-state index contributed by atoms with van der Waals surface area (Å²) in [5.41, 5.74) is 1.22. The monoisotopic (exact) mass is 450 g/mol. The van der Waals surface area contributed by atoms with Gasteiger partial charge in [0.1, 0.15) is 5.75 Å². The maximum Gasteiger partial charge on any atom is 0.252 e. The van der Waals surface area contributed by atoms with Gasteiger partial charge in [0, 0.05) is 19.6 Å². The van der Waals surface area contributed by atoms with Crippen molar-refractivity contribution in [2.45, 2.75) is 37.0 Å². The molecule has 0 radical (unpaired) electrons. The summed E-state index contributed by atoms with van der Waals surface area (Å²) in [4.78, 5) is 12.7. The van der Waals surface area contributed by atoms with Gasteiger partial charge in [-0.15, -0.1) is 0 Å². The molecule has 1 N–H and O–H groups in total. The van der Waals surface area contributed by atoms with Gasteiger partial charge in [0.2, 0.25) is 10.0 Å². The highest BCUT2D eigenvalue weighted by atomic mass is 35.5. The van der Waals surface area contributed by atoms with E-state index < -0.39 is 10.0 Å². The molecule has 0 saturated carbocycles. The lowest BCUT2D eigenvalue weighted by Crippen LogP contribution is -2.32. The van der Waals surface area contributed by atoms with Crippen molar-refractivity contribution in [1.29, 1.82) is 0 Å². The molecule has 0 aromatic heterocycles.